The number of imidazole rings is 1. The Morgan fingerprint density at radius 3 is 3.09 bits per heavy atom. The van der Waals surface area contributed by atoms with Crippen LogP contribution < -0.4 is 0 Å². The number of ether oxygens (including phenoxy) is 1. The molecule has 0 unspecified atom stereocenters. The highest BCUT2D eigenvalue weighted by molar-refractivity contribution is 5.76. The van der Waals surface area contributed by atoms with Crippen LogP contribution >= 0.6 is 0 Å². The van der Waals surface area contributed by atoms with Crippen LogP contribution in [-0.2, 0) is 9.53 Å². The predicted octanol–water partition coefficient (Wildman–Crippen LogP) is 1.43. The van der Waals surface area contributed by atoms with Gasteiger partial charge in [-0.25, -0.2) is 4.98 Å². The number of carbonyl (C=O) groups is 1. The van der Waals surface area contributed by atoms with Crippen molar-refractivity contribution in [2.24, 2.45) is 5.92 Å². The molecule has 0 bridgehead atoms. The molecule has 0 aromatic carbocycles. The quantitative estimate of drug-likeness (QED) is 0.894. The molecule has 22 heavy (non-hydrogen) atoms. The fraction of sp³-hybridized carbons (Fsp3) is 0.750. The van der Waals surface area contributed by atoms with E-state index in [1.807, 2.05) is 11.1 Å². The molecule has 0 aliphatic carbocycles. The van der Waals surface area contributed by atoms with Gasteiger partial charge in [-0.2, -0.15) is 0 Å². The fourth-order valence-corrected chi connectivity index (χ4v) is 3.44. The van der Waals surface area contributed by atoms with Gasteiger partial charge in [0.2, 0.25) is 5.91 Å². The van der Waals surface area contributed by atoms with Crippen molar-refractivity contribution in [1.82, 2.24) is 19.8 Å². The zero-order chi connectivity index (χ0) is 15.4. The van der Waals surface area contributed by atoms with E-state index in [9.17, 15) is 4.79 Å². The Hall–Kier alpha value is -1.40. The summed E-state index contributed by atoms with van der Waals surface area (Å²) >= 11 is 0. The third kappa shape index (κ3) is 3.50. The first-order valence-electron chi connectivity index (χ1n) is 8.36. The number of nitrogens with zero attached hydrogens (tertiary/aromatic N) is 3. The van der Waals surface area contributed by atoms with Gasteiger partial charge in [0.05, 0.1) is 6.04 Å². The monoisotopic (exact) mass is 306 g/mol. The highest BCUT2D eigenvalue weighted by Crippen LogP contribution is 2.24. The molecule has 6 nitrogen and oxygen atoms in total. The number of likely N-dealkylation sites (N-methyl/N-ethyl adjacent to an activating group) is 1. The lowest BCUT2D eigenvalue weighted by atomic mass is 10.0. The molecule has 1 amide bonds. The van der Waals surface area contributed by atoms with E-state index in [1.165, 1.54) is 0 Å². The molecule has 2 fully saturated rings. The molecule has 0 radical (unpaired) electrons. The summed E-state index contributed by atoms with van der Waals surface area (Å²) in [6.07, 6.45) is 6.34. The molecule has 0 saturated carbocycles. The highest BCUT2D eigenvalue weighted by atomic mass is 16.5. The molecule has 122 valence electrons. The first-order valence-corrected chi connectivity index (χ1v) is 8.36. The van der Waals surface area contributed by atoms with E-state index < -0.39 is 0 Å². The summed E-state index contributed by atoms with van der Waals surface area (Å²) in [5.41, 5.74) is 0. The van der Waals surface area contributed by atoms with Gasteiger partial charge >= 0.3 is 0 Å². The number of rotatable bonds is 5. The lowest BCUT2D eigenvalue weighted by Gasteiger charge is -2.40. The predicted molar refractivity (Wildman–Crippen MR) is 83.3 cm³/mol. The number of hydrogen-bond acceptors (Lipinski definition) is 4. The molecule has 2 aliphatic rings. The molecule has 6 heteroatoms. The standard InChI is InChI=1S/C16H26N4O2/c1-2-19-8-9-20(11-14(19)16-17-6-7-18-16)15(21)4-3-13-5-10-22-12-13/h6-7,13-14H,2-5,8-12H2,1H3,(H,17,18)/t13-,14-/m1/s1. The van der Waals surface area contributed by atoms with Crippen molar-refractivity contribution in [3.63, 3.8) is 0 Å². The second-order valence-corrected chi connectivity index (χ2v) is 6.23. The van der Waals surface area contributed by atoms with E-state index in [2.05, 4.69) is 21.8 Å². The smallest absolute Gasteiger partial charge is 0.222 e. The topological polar surface area (TPSA) is 61.5 Å². The van der Waals surface area contributed by atoms with Crippen molar-refractivity contribution < 1.29 is 9.53 Å². The lowest BCUT2D eigenvalue weighted by Crippen LogP contribution is -2.50. The number of amides is 1. The van der Waals surface area contributed by atoms with Crippen LogP contribution in [0.4, 0.5) is 0 Å². The van der Waals surface area contributed by atoms with E-state index >= 15 is 0 Å². The van der Waals surface area contributed by atoms with Crippen LogP contribution in [0.1, 0.15) is 38.1 Å². The Bertz CT molecular complexity index is 471. The summed E-state index contributed by atoms with van der Waals surface area (Å²) < 4.78 is 5.39. The summed E-state index contributed by atoms with van der Waals surface area (Å²) in [5, 5.41) is 0. The molecule has 1 aromatic heterocycles. The third-order valence-corrected chi connectivity index (χ3v) is 4.88. The average Bonchev–Trinajstić information content (AvgIpc) is 3.25. The van der Waals surface area contributed by atoms with Crippen LogP contribution in [-0.4, -0.2) is 65.1 Å². The van der Waals surface area contributed by atoms with E-state index in [4.69, 9.17) is 4.74 Å². The van der Waals surface area contributed by atoms with Gasteiger partial charge < -0.3 is 14.6 Å². The summed E-state index contributed by atoms with van der Waals surface area (Å²) in [5.74, 6) is 1.81. The zero-order valence-corrected chi connectivity index (χ0v) is 13.3. The van der Waals surface area contributed by atoms with Crippen LogP contribution in [0.15, 0.2) is 12.4 Å². The molecule has 2 aliphatic heterocycles. The molecule has 0 spiro atoms. The Morgan fingerprint density at radius 1 is 1.50 bits per heavy atom. The van der Waals surface area contributed by atoms with Crippen molar-refractivity contribution in [3.05, 3.63) is 18.2 Å². The number of piperazine rings is 1. The Labute approximate surface area is 131 Å². The van der Waals surface area contributed by atoms with Crippen molar-refractivity contribution >= 4 is 5.91 Å². The van der Waals surface area contributed by atoms with Crippen molar-refractivity contribution in [3.8, 4) is 0 Å². The van der Waals surface area contributed by atoms with Gasteiger partial charge in [0.15, 0.2) is 0 Å². The Morgan fingerprint density at radius 2 is 2.41 bits per heavy atom. The molecule has 1 N–H and O–H groups in total. The van der Waals surface area contributed by atoms with E-state index in [0.29, 0.717) is 12.3 Å². The minimum atomic E-state index is 0.188. The van der Waals surface area contributed by atoms with Gasteiger partial charge in [0.1, 0.15) is 5.82 Å². The summed E-state index contributed by atoms with van der Waals surface area (Å²) in [7, 11) is 0. The SMILES string of the molecule is CCN1CCN(C(=O)CC[C@@H]2CCOC2)C[C@@H]1c1ncc[nH]1. The van der Waals surface area contributed by atoms with Gasteiger partial charge in [0, 0.05) is 51.7 Å². The average molecular weight is 306 g/mol. The second kappa shape index (κ2) is 7.24. The number of aromatic nitrogens is 2. The number of H-pyrrole nitrogens is 1. The maximum absolute atomic E-state index is 12.5. The highest BCUT2D eigenvalue weighted by Gasteiger charge is 2.31. The molecule has 1 aromatic rings. The van der Waals surface area contributed by atoms with E-state index in [1.54, 1.807) is 6.20 Å². The maximum atomic E-state index is 12.5. The second-order valence-electron chi connectivity index (χ2n) is 6.23. The van der Waals surface area contributed by atoms with Gasteiger partial charge in [-0.3, -0.25) is 9.69 Å². The summed E-state index contributed by atoms with van der Waals surface area (Å²) in [6, 6.07) is 0.188. The van der Waals surface area contributed by atoms with Crippen LogP contribution in [0.25, 0.3) is 0 Å². The first kappa shape index (κ1) is 15.5. The fourth-order valence-electron chi connectivity index (χ4n) is 3.44. The van der Waals surface area contributed by atoms with Gasteiger partial charge in [-0.1, -0.05) is 6.92 Å². The summed E-state index contributed by atoms with van der Waals surface area (Å²) in [4.78, 5) is 24.5. The molecule has 2 saturated heterocycles. The number of carbonyl (C=O) groups excluding carboxylic acids is 1. The van der Waals surface area contributed by atoms with Crippen LogP contribution in [0.5, 0.6) is 0 Å². The van der Waals surface area contributed by atoms with Crippen LogP contribution in [0.2, 0.25) is 0 Å². The molecule has 3 heterocycles. The van der Waals surface area contributed by atoms with Gasteiger partial charge in [-0.15, -0.1) is 0 Å². The van der Waals surface area contributed by atoms with Crippen LogP contribution in [0.3, 0.4) is 0 Å². The Balaban J connectivity index is 1.56. The number of nitrogens with one attached hydrogen (secondary N) is 1. The van der Waals surface area contributed by atoms with Crippen LogP contribution in [0, 0.1) is 5.92 Å². The van der Waals surface area contributed by atoms with Gasteiger partial charge in [-0.05, 0) is 25.3 Å². The van der Waals surface area contributed by atoms with E-state index in [-0.39, 0.29) is 11.9 Å². The van der Waals surface area contributed by atoms with E-state index in [0.717, 1.165) is 58.1 Å². The van der Waals surface area contributed by atoms with Crippen molar-refractivity contribution in [2.45, 2.75) is 32.2 Å². The largest absolute Gasteiger partial charge is 0.381 e. The van der Waals surface area contributed by atoms with Gasteiger partial charge in [0.25, 0.3) is 0 Å². The summed E-state index contributed by atoms with van der Waals surface area (Å²) in [6.45, 7) is 7.30. The number of hydrogen-bond donors (Lipinski definition) is 1. The minimum absolute atomic E-state index is 0.188. The Kier molecular flexibility index (Phi) is 5.10. The molecule has 2 atom stereocenters. The molecule has 3 rings (SSSR count). The third-order valence-electron chi connectivity index (χ3n) is 4.88. The maximum Gasteiger partial charge on any atom is 0.222 e. The number of aromatic amines is 1. The van der Waals surface area contributed by atoms with Crippen molar-refractivity contribution in [1.29, 1.82) is 0 Å². The minimum Gasteiger partial charge on any atom is -0.381 e. The molecular formula is C16H26N4O2. The molecular weight excluding hydrogens is 280 g/mol. The first-order chi connectivity index (χ1) is 10.8. The lowest BCUT2D eigenvalue weighted by molar-refractivity contribution is -0.134. The van der Waals surface area contributed by atoms with Crippen molar-refractivity contribution in [2.75, 3.05) is 39.4 Å². The zero-order valence-electron chi connectivity index (χ0n) is 13.3. The normalized spacial score (nSPS) is 26.5.